The van der Waals surface area contributed by atoms with Gasteiger partial charge in [-0.3, -0.25) is 9.79 Å². The van der Waals surface area contributed by atoms with Crippen LogP contribution in [0, 0.1) is 17.7 Å². The van der Waals surface area contributed by atoms with Crippen molar-refractivity contribution in [1.82, 2.24) is 0 Å². The molecule has 0 saturated heterocycles. The summed E-state index contributed by atoms with van der Waals surface area (Å²) in [6.07, 6.45) is 2.93. The zero-order valence-corrected chi connectivity index (χ0v) is 20.4. The number of carbonyl (C=O) groups excluding carboxylic acids is 2. The molecule has 1 aliphatic rings. The lowest BCUT2D eigenvalue weighted by Gasteiger charge is -2.26. The fourth-order valence-corrected chi connectivity index (χ4v) is 4.46. The minimum atomic E-state index is -0.633. The van der Waals surface area contributed by atoms with Crippen LogP contribution in [0.4, 0.5) is 4.39 Å². The van der Waals surface area contributed by atoms with Gasteiger partial charge in [0.2, 0.25) is 0 Å². The maximum Gasteiger partial charge on any atom is 0.342 e. The van der Waals surface area contributed by atoms with Crippen LogP contribution < -0.4 is 16.2 Å². The topological polar surface area (TPSA) is 117 Å². The molecular weight excluding hydrogens is 473 g/mol. The summed E-state index contributed by atoms with van der Waals surface area (Å²) in [7, 11) is 0. The number of para-hydroxylation sites is 1. The molecule has 4 N–H and O–H groups in total. The van der Waals surface area contributed by atoms with Gasteiger partial charge in [0.1, 0.15) is 18.0 Å². The summed E-state index contributed by atoms with van der Waals surface area (Å²) in [5, 5.41) is 0. The summed E-state index contributed by atoms with van der Waals surface area (Å²) < 4.78 is 24.6. The summed E-state index contributed by atoms with van der Waals surface area (Å²) in [6, 6.07) is 20.2. The molecule has 8 heteroatoms. The van der Waals surface area contributed by atoms with Crippen molar-refractivity contribution in [3.05, 3.63) is 89.7 Å². The minimum Gasteiger partial charge on any atom is -0.457 e. The number of hydrogen-bond donors (Lipinski definition) is 2. The van der Waals surface area contributed by atoms with E-state index in [1.807, 2.05) is 30.3 Å². The molecule has 3 aromatic carbocycles. The van der Waals surface area contributed by atoms with Crippen LogP contribution in [0.1, 0.15) is 41.6 Å². The quantitative estimate of drug-likeness (QED) is 0.197. The maximum atomic E-state index is 13.2. The molecule has 37 heavy (non-hydrogen) atoms. The third-order valence-electron chi connectivity index (χ3n) is 6.52. The fraction of sp³-hybridized carbons (Fsp3) is 0.276. The van der Waals surface area contributed by atoms with Gasteiger partial charge in [-0.2, -0.15) is 0 Å². The molecule has 0 radical (unpaired) electrons. The molecule has 0 amide bonds. The molecule has 0 unspecified atom stereocenters. The molecule has 4 rings (SSSR count). The molecule has 1 fully saturated rings. The van der Waals surface area contributed by atoms with Crippen LogP contribution in [0.15, 0.2) is 77.8 Å². The standard InChI is InChI=1S/C29H30FN3O4/c30-23-15-11-20(12-16-23)18-36-28(35)25-8-4-7-24(21-5-2-1-3-6-21)26(25)37-27(34)22-13-9-19(10-14-22)17-33-29(31)32/h1-8,11-12,15-16,19,22H,9-10,13-14,17-18H2,(H4,31,32,33). The monoisotopic (exact) mass is 503 g/mol. The van der Waals surface area contributed by atoms with E-state index in [1.165, 1.54) is 12.1 Å². The number of aliphatic imine (C=N–C) groups is 1. The van der Waals surface area contributed by atoms with E-state index in [0.717, 1.165) is 18.4 Å². The Balaban J connectivity index is 1.53. The zero-order chi connectivity index (χ0) is 26.2. The SMILES string of the molecule is NC(N)=NCC1CCC(C(=O)Oc2c(C(=O)OCc3ccc(F)cc3)cccc2-c2ccccc2)CC1. The maximum absolute atomic E-state index is 13.2. The van der Waals surface area contributed by atoms with Gasteiger partial charge in [0.25, 0.3) is 0 Å². The lowest BCUT2D eigenvalue weighted by Crippen LogP contribution is -2.28. The first-order valence-electron chi connectivity index (χ1n) is 12.3. The Morgan fingerprint density at radius 3 is 2.27 bits per heavy atom. The third kappa shape index (κ3) is 6.94. The van der Waals surface area contributed by atoms with Gasteiger partial charge in [0.15, 0.2) is 11.7 Å². The van der Waals surface area contributed by atoms with E-state index >= 15 is 0 Å². The number of guanidine groups is 1. The lowest BCUT2D eigenvalue weighted by atomic mass is 9.82. The van der Waals surface area contributed by atoms with Crippen LogP contribution >= 0.6 is 0 Å². The van der Waals surface area contributed by atoms with Crippen molar-refractivity contribution in [2.24, 2.45) is 28.3 Å². The number of carbonyl (C=O) groups is 2. The molecule has 0 heterocycles. The van der Waals surface area contributed by atoms with Gasteiger partial charge in [-0.25, -0.2) is 9.18 Å². The second-order valence-electron chi connectivity index (χ2n) is 9.16. The second-order valence-corrected chi connectivity index (χ2v) is 9.16. The Kier molecular flexibility index (Phi) is 8.51. The minimum absolute atomic E-state index is 0.0398. The van der Waals surface area contributed by atoms with Gasteiger partial charge in [-0.05, 0) is 60.9 Å². The van der Waals surface area contributed by atoms with Gasteiger partial charge < -0.3 is 20.9 Å². The fourth-order valence-electron chi connectivity index (χ4n) is 4.46. The van der Waals surface area contributed by atoms with Crippen molar-refractivity contribution in [3.63, 3.8) is 0 Å². The highest BCUT2D eigenvalue weighted by molar-refractivity contribution is 5.97. The van der Waals surface area contributed by atoms with Crippen LogP contribution in [-0.2, 0) is 16.1 Å². The summed E-state index contributed by atoms with van der Waals surface area (Å²) in [5.74, 6) is -1.11. The first-order chi connectivity index (χ1) is 17.9. The average molecular weight is 504 g/mol. The predicted molar refractivity (Wildman–Crippen MR) is 139 cm³/mol. The number of halogens is 1. The summed E-state index contributed by atoms with van der Waals surface area (Å²) in [6.45, 7) is 0.507. The van der Waals surface area contributed by atoms with Crippen LogP contribution in [0.3, 0.4) is 0 Å². The molecule has 7 nitrogen and oxygen atoms in total. The predicted octanol–water partition coefficient (Wildman–Crippen LogP) is 4.83. The van der Waals surface area contributed by atoms with Crippen molar-refractivity contribution in [2.45, 2.75) is 32.3 Å². The van der Waals surface area contributed by atoms with E-state index in [2.05, 4.69) is 4.99 Å². The third-order valence-corrected chi connectivity index (χ3v) is 6.52. The van der Waals surface area contributed by atoms with Gasteiger partial charge in [0, 0.05) is 12.1 Å². The molecule has 1 aliphatic carbocycles. The number of hydrogen-bond acceptors (Lipinski definition) is 5. The molecule has 3 aromatic rings. The second kappa shape index (κ2) is 12.2. The van der Waals surface area contributed by atoms with Crippen molar-refractivity contribution in [2.75, 3.05) is 6.54 Å². The van der Waals surface area contributed by atoms with E-state index < -0.39 is 5.97 Å². The molecule has 0 aliphatic heterocycles. The number of esters is 2. The normalized spacial score (nSPS) is 17.0. The zero-order valence-electron chi connectivity index (χ0n) is 20.4. The van der Waals surface area contributed by atoms with Crippen LogP contribution in [0.2, 0.25) is 0 Å². The lowest BCUT2D eigenvalue weighted by molar-refractivity contribution is -0.140. The van der Waals surface area contributed by atoms with Crippen molar-refractivity contribution in [3.8, 4) is 16.9 Å². The molecular formula is C29H30FN3O4. The first kappa shape index (κ1) is 25.9. The Hall–Kier alpha value is -4.20. The van der Waals surface area contributed by atoms with E-state index in [0.29, 0.717) is 36.4 Å². The molecule has 192 valence electrons. The highest BCUT2D eigenvalue weighted by Crippen LogP contribution is 2.36. The molecule has 0 atom stereocenters. The van der Waals surface area contributed by atoms with Gasteiger partial charge >= 0.3 is 11.9 Å². The van der Waals surface area contributed by atoms with Crippen LogP contribution in [0.5, 0.6) is 5.75 Å². The molecule has 0 spiro atoms. The van der Waals surface area contributed by atoms with Crippen LogP contribution in [0.25, 0.3) is 11.1 Å². The van der Waals surface area contributed by atoms with E-state index in [-0.39, 0.29) is 41.6 Å². The highest BCUT2D eigenvalue weighted by atomic mass is 19.1. The van der Waals surface area contributed by atoms with Crippen molar-refractivity contribution < 1.29 is 23.5 Å². The molecule has 0 aromatic heterocycles. The number of nitrogens with two attached hydrogens (primary N) is 2. The van der Waals surface area contributed by atoms with Gasteiger partial charge in [-0.1, -0.05) is 54.6 Å². The van der Waals surface area contributed by atoms with Crippen molar-refractivity contribution in [1.29, 1.82) is 0 Å². The number of rotatable bonds is 8. The number of nitrogens with zero attached hydrogens (tertiary/aromatic N) is 1. The van der Waals surface area contributed by atoms with E-state index in [4.69, 9.17) is 20.9 Å². The average Bonchev–Trinajstić information content (AvgIpc) is 2.92. The Bertz CT molecular complexity index is 1250. The Morgan fingerprint density at radius 1 is 0.892 bits per heavy atom. The summed E-state index contributed by atoms with van der Waals surface area (Å²) in [5.41, 5.74) is 13.1. The molecule has 1 saturated carbocycles. The smallest absolute Gasteiger partial charge is 0.342 e. The largest absolute Gasteiger partial charge is 0.457 e. The highest BCUT2D eigenvalue weighted by Gasteiger charge is 2.30. The van der Waals surface area contributed by atoms with E-state index in [9.17, 15) is 14.0 Å². The van der Waals surface area contributed by atoms with Gasteiger partial charge in [-0.15, -0.1) is 0 Å². The number of ether oxygens (including phenoxy) is 2. The Morgan fingerprint density at radius 2 is 1.59 bits per heavy atom. The first-order valence-corrected chi connectivity index (χ1v) is 12.3. The van der Waals surface area contributed by atoms with Crippen LogP contribution in [-0.4, -0.2) is 24.4 Å². The summed E-state index contributed by atoms with van der Waals surface area (Å²) >= 11 is 0. The van der Waals surface area contributed by atoms with E-state index in [1.54, 1.807) is 30.3 Å². The number of benzene rings is 3. The Labute approximate surface area is 215 Å². The van der Waals surface area contributed by atoms with Gasteiger partial charge in [0.05, 0.1) is 5.92 Å². The van der Waals surface area contributed by atoms with Crippen molar-refractivity contribution >= 4 is 17.9 Å². The molecule has 0 bridgehead atoms. The summed E-state index contributed by atoms with van der Waals surface area (Å²) in [4.78, 5) is 30.4.